The second-order valence-electron chi connectivity index (χ2n) is 14.3. The number of nitrogens with zero attached hydrogens (tertiary/aromatic N) is 2. The predicted octanol–water partition coefficient (Wildman–Crippen LogP) is 1.14. The van der Waals surface area contributed by atoms with E-state index in [9.17, 15) is 24.3 Å². The monoisotopic (exact) mass is 711 g/mol. The fraction of sp³-hybridized carbons (Fsp3) is 0.639. The lowest BCUT2D eigenvalue weighted by Crippen LogP contribution is -2.69. The Morgan fingerprint density at radius 3 is 2.67 bits per heavy atom. The minimum Gasteiger partial charge on any atom is -0.493 e. The van der Waals surface area contributed by atoms with Crippen molar-refractivity contribution < 1.29 is 38.5 Å². The lowest BCUT2D eigenvalue weighted by Gasteiger charge is -2.54. The second-order valence-corrected chi connectivity index (χ2v) is 14.3. The molecule has 2 aliphatic heterocycles. The molecule has 1 unspecified atom stereocenters. The van der Waals surface area contributed by atoms with E-state index >= 15 is 0 Å². The Hall–Kier alpha value is -4.37. The van der Waals surface area contributed by atoms with Gasteiger partial charge < -0.3 is 51.6 Å². The normalized spacial score (nSPS) is 27.1. The average molecular weight is 712 g/mol. The number of likely N-dealkylation sites (tertiary alicyclic amines) is 1. The first-order valence-corrected chi connectivity index (χ1v) is 17.8. The number of Topliss-reactive ketones (excluding diaryl/α,β-unsaturated/α-hetero) is 1. The van der Waals surface area contributed by atoms with Crippen LogP contribution in [0.4, 0.5) is 4.79 Å². The molecule has 1 saturated heterocycles. The number of rotatable bonds is 14. The number of methoxy groups -OCH3 is 1. The number of aliphatic hydroxyl groups is 1. The van der Waals surface area contributed by atoms with E-state index in [1.54, 1.807) is 25.0 Å². The van der Waals surface area contributed by atoms with Crippen LogP contribution in [-0.2, 0) is 31.0 Å². The van der Waals surface area contributed by atoms with Crippen LogP contribution in [-0.4, -0.2) is 103 Å². The number of nitrogens with one attached hydrogen (secondary N) is 3. The highest BCUT2D eigenvalue weighted by molar-refractivity contribution is 5.91. The molecule has 0 bridgehead atoms. The molecule has 0 radical (unpaired) electrons. The number of aliphatic imine (C=N–C) groups is 1. The van der Waals surface area contributed by atoms with Crippen LogP contribution in [0.15, 0.2) is 29.0 Å². The molecule has 15 heteroatoms. The van der Waals surface area contributed by atoms with Gasteiger partial charge in [0, 0.05) is 56.9 Å². The third-order valence-electron chi connectivity index (χ3n) is 11.1. The van der Waals surface area contributed by atoms with E-state index < -0.39 is 35.2 Å². The molecule has 280 valence electrons. The van der Waals surface area contributed by atoms with Crippen molar-refractivity contribution in [3.8, 4) is 11.5 Å². The van der Waals surface area contributed by atoms with Gasteiger partial charge in [-0.1, -0.05) is 6.07 Å². The van der Waals surface area contributed by atoms with Crippen molar-refractivity contribution in [2.75, 3.05) is 33.8 Å². The molecule has 1 aromatic carbocycles. The standard InChI is InChI=1S/C36H53N7O8/c1-20(42-21(2)44)25(45)17-23(9-8-15-40-33(37)38)32(46)41-19-24-10-6-7-16-43(24)34(47)50-27-13-14-36(48)28(39-4)18-22-11-12-26(49-5)30-29(22)35(36,3)31(27)51-30/h11-13,20,23-24,28,31,39,48H,6-10,14-19H2,1-5H3,(H,41,46)(H,42,44)(H4,37,38,40)/t20-,23+,24?,28+,31-,35-,36+/m0/s1. The summed E-state index contributed by atoms with van der Waals surface area (Å²) in [7, 11) is 3.41. The zero-order valence-electron chi connectivity index (χ0n) is 30.3. The molecule has 8 N–H and O–H groups in total. The number of guanidine groups is 1. The molecule has 4 aliphatic rings. The Bertz CT molecular complexity index is 1580. The van der Waals surface area contributed by atoms with Crippen molar-refractivity contribution in [2.24, 2.45) is 22.4 Å². The molecule has 0 spiro atoms. The van der Waals surface area contributed by atoms with Gasteiger partial charge in [0.1, 0.15) is 5.76 Å². The minimum atomic E-state index is -1.22. The summed E-state index contributed by atoms with van der Waals surface area (Å²) in [6.07, 6.45) is 4.30. The van der Waals surface area contributed by atoms with Crippen molar-refractivity contribution in [1.29, 1.82) is 0 Å². The summed E-state index contributed by atoms with van der Waals surface area (Å²) in [5.74, 6) is -0.244. The third-order valence-corrected chi connectivity index (χ3v) is 11.1. The highest BCUT2D eigenvalue weighted by Crippen LogP contribution is 2.61. The molecule has 0 saturated carbocycles. The summed E-state index contributed by atoms with van der Waals surface area (Å²) in [4.78, 5) is 57.5. The molecule has 2 heterocycles. The number of carbonyl (C=O) groups excluding carboxylic acids is 4. The predicted molar refractivity (Wildman–Crippen MR) is 189 cm³/mol. The summed E-state index contributed by atoms with van der Waals surface area (Å²) >= 11 is 0. The number of likely N-dealkylation sites (N-methyl/N-ethyl adjacent to an activating group) is 1. The number of ether oxygens (including phenoxy) is 3. The Morgan fingerprint density at radius 2 is 1.98 bits per heavy atom. The van der Waals surface area contributed by atoms with E-state index in [1.165, 1.54) is 6.92 Å². The van der Waals surface area contributed by atoms with Gasteiger partial charge in [-0.3, -0.25) is 19.4 Å². The third kappa shape index (κ3) is 7.36. The Balaban J connectivity index is 1.29. The zero-order valence-corrected chi connectivity index (χ0v) is 30.3. The van der Waals surface area contributed by atoms with Gasteiger partial charge in [0.2, 0.25) is 11.8 Å². The van der Waals surface area contributed by atoms with Crippen molar-refractivity contribution in [3.05, 3.63) is 35.1 Å². The van der Waals surface area contributed by atoms with Crippen LogP contribution in [0.25, 0.3) is 0 Å². The first-order chi connectivity index (χ1) is 24.2. The Morgan fingerprint density at radius 1 is 1.22 bits per heavy atom. The number of carbonyl (C=O) groups is 4. The largest absolute Gasteiger partial charge is 0.493 e. The molecule has 7 atom stereocenters. The Labute approximate surface area is 298 Å². The average Bonchev–Trinajstić information content (AvgIpc) is 3.43. The summed E-state index contributed by atoms with van der Waals surface area (Å²) < 4.78 is 18.3. The number of amides is 3. The molecule has 15 nitrogen and oxygen atoms in total. The molecule has 3 amide bonds. The molecule has 51 heavy (non-hydrogen) atoms. The van der Waals surface area contributed by atoms with Crippen LogP contribution in [0.5, 0.6) is 11.5 Å². The van der Waals surface area contributed by atoms with Crippen LogP contribution in [0, 0.1) is 5.92 Å². The van der Waals surface area contributed by atoms with E-state index in [1.807, 2.05) is 26.1 Å². The summed E-state index contributed by atoms with van der Waals surface area (Å²) in [6, 6.07) is 2.52. The van der Waals surface area contributed by atoms with Gasteiger partial charge in [0.25, 0.3) is 0 Å². The summed E-state index contributed by atoms with van der Waals surface area (Å²) in [5, 5.41) is 21.1. The maximum Gasteiger partial charge on any atom is 0.415 e. The number of piperidine rings is 1. The number of hydrogen-bond donors (Lipinski definition) is 6. The van der Waals surface area contributed by atoms with Gasteiger partial charge in [-0.05, 0) is 77.1 Å². The molecular weight excluding hydrogens is 658 g/mol. The fourth-order valence-electron chi connectivity index (χ4n) is 8.33. The maximum atomic E-state index is 13.9. The van der Waals surface area contributed by atoms with Gasteiger partial charge in [-0.15, -0.1) is 0 Å². The van der Waals surface area contributed by atoms with Gasteiger partial charge in [-0.25, -0.2) is 4.79 Å². The van der Waals surface area contributed by atoms with Gasteiger partial charge in [-0.2, -0.15) is 0 Å². The SMILES string of the molecule is CN[C@@H]1Cc2ccc(OC)c3c2[C@@]2(C)[C@@H](O3)C(OC(=O)N3CCCCC3CNC(=O)[C@H](CCCN=C(N)N)CC(=O)[C@H](C)NC(C)=O)=CC[C@@]12O. The first kappa shape index (κ1) is 37.9. The Kier molecular flexibility index (Phi) is 11.5. The van der Waals surface area contributed by atoms with E-state index in [0.29, 0.717) is 56.0 Å². The van der Waals surface area contributed by atoms with Crippen molar-refractivity contribution in [3.63, 3.8) is 0 Å². The van der Waals surface area contributed by atoms with E-state index in [0.717, 1.165) is 24.0 Å². The van der Waals surface area contributed by atoms with Crippen LogP contribution < -0.4 is 36.9 Å². The van der Waals surface area contributed by atoms with Crippen molar-refractivity contribution in [1.82, 2.24) is 20.9 Å². The molecule has 2 aliphatic carbocycles. The first-order valence-electron chi connectivity index (χ1n) is 17.8. The molecule has 5 rings (SSSR count). The van der Waals surface area contributed by atoms with E-state index in [4.69, 9.17) is 25.7 Å². The molecule has 0 aromatic heterocycles. The van der Waals surface area contributed by atoms with E-state index in [-0.39, 0.29) is 55.0 Å². The molecule has 1 aromatic rings. The van der Waals surface area contributed by atoms with Gasteiger partial charge in [0.15, 0.2) is 29.3 Å². The van der Waals surface area contributed by atoms with E-state index in [2.05, 4.69) is 20.9 Å². The topological polar surface area (TPSA) is 220 Å². The fourth-order valence-corrected chi connectivity index (χ4v) is 8.33. The lowest BCUT2D eigenvalue weighted by molar-refractivity contribution is -0.131. The number of nitrogens with two attached hydrogens (primary N) is 2. The lowest BCUT2D eigenvalue weighted by atomic mass is 9.54. The summed E-state index contributed by atoms with van der Waals surface area (Å²) in [5.41, 5.74) is 10.7. The van der Waals surface area contributed by atoms with Crippen molar-refractivity contribution >= 4 is 29.7 Å². The number of hydrogen-bond acceptors (Lipinski definition) is 10. The van der Waals surface area contributed by atoms with Crippen LogP contribution in [0.2, 0.25) is 0 Å². The highest BCUT2D eigenvalue weighted by atomic mass is 16.6. The number of benzene rings is 1. The van der Waals surface area contributed by atoms with Gasteiger partial charge >= 0.3 is 6.09 Å². The quantitative estimate of drug-likeness (QED) is 0.0913. The van der Waals surface area contributed by atoms with Crippen molar-refractivity contribution in [2.45, 2.75) is 107 Å². The minimum absolute atomic E-state index is 0.0566. The smallest absolute Gasteiger partial charge is 0.415 e. The maximum absolute atomic E-state index is 13.9. The highest BCUT2D eigenvalue weighted by Gasteiger charge is 2.67. The molecular formula is C36H53N7O8. The van der Waals surface area contributed by atoms with Crippen LogP contribution in [0.1, 0.15) is 76.8 Å². The van der Waals surface area contributed by atoms with Crippen LogP contribution in [0.3, 0.4) is 0 Å². The summed E-state index contributed by atoms with van der Waals surface area (Å²) in [6.45, 7) is 5.79. The van der Waals surface area contributed by atoms with Crippen LogP contribution >= 0.6 is 0 Å². The molecule has 1 fully saturated rings. The second kappa shape index (κ2) is 15.5. The van der Waals surface area contributed by atoms with Gasteiger partial charge in [0.05, 0.1) is 30.2 Å². The zero-order chi connectivity index (χ0) is 37.1. The number of ketones is 1.